The van der Waals surface area contributed by atoms with Crippen LogP contribution in [0.4, 0.5) is 10.5 Å². The summed E-state index contributed by atoms with van der Waals surface area (Å²) in [5.74, 6) is -4.11. The van der Waals surface area contributed by atoms with Crippen molar-refractivity contribution in [3.63, 3.8) is 0 Å². The zero-order chi connectivity index (χ0) is 30.1. The van der Waals surface area contributed by atoms with Gasteiger partial charge in [-0.2, -0.15) is 0 Å². The second kappa shape index (κ2) is 11.9. The summed E-state index contributed by atoms with van der Waals surface area (Å²) in [6.45, 7) is 0.297. The molecule has 2 aliphatic heterocycles. The van der Waals surface area contributed by atoms with Gasteiger partial charge in [-0.15, -0.1) is 0 Å². The molecule has 4 amide bonds. The Kier molecular flexibility index (Phi) is 8.28. The highest BCUT2D eigenvalue weighted by atomic mass is 35.5. The summed E-state index contributed by atoms with van der Waals surface area (Å²) in [4.78, 5) is 69.5. The van der Waals surface area contributed by atoms with Crippen molar-refractivity contribution in [3.05, 3.63) is 63.8 Å². The van der Waals surface area contributed by atoms with Crippen LogP contribution in [0.15, 0.2) is 42.5 Å². The first-order valence-electron chi connectivity index (χ1n) is 13.2. The van der Waals surface area contributed by atoms with Gasteiger partial charge in [0.2, 0.25) is 11.8 Å². The number of carboxylic acid groups (broad SMARTS) is 2. The molecule has 5 N–H and O–H groups in total. The lowest BCUT2D eigenvalue weighted by Gasteiger charge is -2.38. The van der Waals surface area contributed by atoms with Crippen LogP contribution in [0.25, 0.3) is 10.9 Å². The minimum absolute atomic E-state index is 0.0813. The minimum atomic E-state index is -1.65. The summed E-state index contributed by atoms with van der Waals surface area (Å²) in [5, 5.41) is 24.9. The number of carboxylic acids is 2. The topological polar surface area (TPSA) is 172 Å². The van der Waals surface area contributed by atoms with Gasteiger partial charge in [-0.3, -0.25) is 14.4 Å². The second-order valence-corrected chi connectivity index (χ2v) is 11.0. The maximum atomic E-state index is 14.1. The molecule has 0 unspecified atom stereocenters. The number of hydrogen-bond acceptors (Lipinski definition) is 5. The molecule has 2 aliphatic rings. The molecule has 3 heterocycles. The first-order chi connectivity index (χ1) is 20.0. The Bertz CT molecular complexity index is 1590. The van der Waals surface area contributed by atoms with Crippen LogP contribution in [0.5, 0.6) is 0 Å². The quantitative estimate of drug-likeness (QED) is 0.270. The summed E-state index contributed by atoms with van der Waals surface area (Å²) in [6, 6.07) is 7.99. The number of carbonyl (C=O) groups is 5. The molecule has 1 aromatic heterocycles. The van der Waals surface area contributed by atoms with E-state index in [1.54, 1.807) is 6.07 Å². The van der Waals surface area contributed by atoms with Crippen molar-refractivity contribution in [2.24, 2.45) is 0 Å². The molecular formula is C28H27Cl2N5O7. The van der Waals surface area contributed by atoms with Gasteiger partial charge in [0.15, 0.2) is 0 Å². The fourth-order valence-corrected chi connectivity index (χ4v) is 5.85. The van der Waals surface area contributed by atoms with Crippen molar-refractivity contribution in [2.45, 2.75) is 50.4 Å². The Balaban J connectivity index is 1.43. The average Bonchev–Trinajstić information content (AvgIpc) is 3.58. The number of hydrogen-bond donors (Lipinski definition) is 5. The standard InChI is InChI=1S/C28H27Cl2N5O7/c29-17-8-7-14(10-18(17)30)31-28(42)35-13-21-16(15-4-1-2-5-19(15)32-21)11-23(35)26(39)34-9-3-6-22(34)25(38)33-20(27(40)41)12-24(36)37/h1-2,4-5,7-8,10,20,22-23,32H,3,6,9,11-13H2,(H,31,42)(H,33,38)(H,36,37)(H,40,41)/t20-,22-,23+/m0/s1. The van der Waals surface area contributed by atoms with E-state index < -0.39 is 54.3 Å². The van der Waals surface area contributed by atoms with E-state index in [-0.39, 0.29) is 31.0 Å². The summed E-state index contributed by atoms with van der Waals surface area (Å²) in [7, 11) is 0. The lowest BCUT2D eigenvalue weighted by molar-refractivity contribution is -0.148. The first kappa shape index (κ1) is 29.2. The van der Waals surface area contributed by atoms with Crippen LogP contribution in [0.1, 0.15) is 30.5 Å². The predicted molar refractivity (Wildman–Crippen MR) is 153 cm³/mol. The number of aromatic amines is 1. The molecule has 5 rings (SSSR count). The zero-order valence-electron chi connectivity index (χ0n) is 22.1. The van der Waals surface area contributed by atoms with E-state index in [9.17, 15) is 29.1 Å². The lowest BCUT2D eigenvalue weighted by atomic mass is 9.95. The number of halogens is 2. The van der Waals surface area contributed by atoms with Gasteiger partial charge in [0.1, 0.15) is 18.1 Å². The van der Waals surface area contributed by atoms with E-state index in [4.69, 9.17) is 28.3 Å². The number of anilines is 1. The SMILES string of the molecule is O=C(O)C[C@H](NC(=O)[C@@H]1CCCN1C(=O)[C@H]1Cc2c([nH]c3ccccc23)CN1C(=O)Nc1ccc(Cl)c(Cl)c1)C(=O)O. The number of likely N-dealkylation sites (tertiary alicyclic amines) is 1. The molecule has 0 aliphatic carbocycles. The number of amides is 4. The highest BCUT2D eigenvalue weighted by Gasteiger charge is 2.43. The molecule has 0 spiro atoms. The molecule has 220 valence electrons. The van der Waals surface area contributed by atoms with E-state index in [0.29, 0.717) is 17.1 Å². The molecule has 12 nitrogen and oxygen atoms in total. The molecular weight excluding hydrogens is 589 g/mol. The van der Waals surface area contributed by atoms with E-state index >= 15 is 0 Å². The number of urea groups is 1. The Morgan fingerprint density at radius 2 is 1.76 bits per heavy atom. The van der Waals surface area contributed by atoms with Gasteiger partial charge >= 0.3 is 18.0 Å². The Hall–Kier alpha value is -4.29. The monoisotopic (exact) mass is 615 g/mol. The van der Waals surface area contributed by atoms with E-state index in [1.165, 1.54) is 21.9 Å². The third-order valence-electron chi connectivity index (χ3n) is 7.55. The number of rotatable bonds is 7. The molecule has 0 bridgehead atoms. The minimum Gasteiger partial charge on any atom is -0.481 e. The van der Waals surface area contributed by atoms with Crippen molar-refractivity contribution in [1.82, 2.24) is 20.1 Å². The number of aliphatic carboxylic acids is 2. The number of benzene rings is 2. The maximum Gasteiger partial charge on any atom is 0.326 e. The van der Waals surface area contributed by atoms with Gasteiger partial charge in [0.25, 0.3) is 0 Å². The number of nitrogens with zero attached hydrogens (tertiary/aromatic N) is 2. The second-order valence-electron chi connectivity index (χ2n) is 10.2. The normalized spacial score (nSPS) is 18.8. The van der Waals surface area contributed by atoms with Crippen LogP contribution in [0.3, 0.4) is 0 Å². The van der Waals surface area contributed by atoms with Gasteiger partial charge in [0.05, 0.1) is 23.0 Å². The molecule has 42 heavy (non-hydrogen) atoms. The van der Waals surface area contributed by atoms with Crippen LogP contribution in [0.2, 0.25) is 10.0 Å². The summed E-state index contributed by atoms with van der Waals surface area (Å²) >= 11 is 12.1. The fourth-order valence-electron chi connectivity index (χ4n) is 5.55. The third kappa shape index (κ3) is 5.86. The molecule has 1 fully saturated rings. The maximum absolute atomic E-state index is 14.1. The Labute approximate surface area is 249 Å². The molecule has 0 saturated carbocycles. The highest BCUT2D eigenvalue weighted by molar-refractivity contribution is 6.42. The molecule has 0 radical (unpaired) electrons. The molecule has 2 aromatic carbocycles. The molecule has 14 heteroatoms. The van der Waals surface area contributed by atoms with E-state index in [0.717, 1.165) is 22.2 Å². The Morgan fingerprint density at radius 3 is 2.48 bits per heavy atom. The van der Waals surface area contributed by atoms with Crippen molar-refractivity contribution < 1.29 is 34.2 Å². The average molecular weight is 616 g/mol. The number of aromatic nitrogens is 1. The summed E-state index contributed by atoms with van der Waals surface area (Å²) in [6.07, 6.45) is 0.101. The van der Waals surface area contributed by atoms with Crippen LogP contribution >= 0.6 is 23.2 Å². The predicted octanol–water partition coefficient (Wildman–Crippen LogP) is 3.47. The highest BCUT2D eigenvalue weighted by Crippen LogP contribution is 2.33. The lowest BCUT2D eigenvalue weighted by Crippen LogP contribution is -2.58. The third-order valence-corrected chi connectivity index (χ3v) is 8.29. The van der Waals surface area contributed by atoms with Crippen LogP contribution < -0.4 is 10.6 Å². The van der Waals surface area contributed by atoms with Crippen molar-refractivity contribution in [2.75, 3.05) is 11.9 Å². The number of nitrogens with one attached hydrogen (secondary N) is 3. The number of para-hydroxylation sites is 1. The van der Waals surface area contributed by atoms with Crippen LogP contribution in [0, 0.1) is 0 Å². The van der Waals surface area contributed by atoms with Gasteiger partial charge in [-0.25, -0.2) is 9.59 Å². The summed E-state index contributed by atoms with van der Waals surface area (Å²) < 4.78 is 0. The smallest absolute Gasteiger partial charge is 0.326 e. The van der Waals surface area contributed by atoms with Gasteiger partial charge < -0.3 is 35.6 Å². The van der Waals surface area contributed by atoms with E-state index in [2.05, 4.69) is 15.6 Å². The Morgan fingerprint density at radius 1 is 1.00 bits per heavy atom. The molecule has 3 atom stereocenters. The van der Waals surface area contributed by atoms with E-state index in [1.807, 2.05) is 24.3 Å². The molecule has 3 aromatic rings. The van der Waals surface area contributed by atoms with Crippen LogP contribution in [-0.2, 0) is 32.1 Å². The number of H-pyrrole nitrogens is 1. The summed E-state index contributed by atoms with van der Waals surface area (Å²) in [5.41, 5.74) is 2.89. The van der Waals surface area contributed by atoms with Gasteiger partial charge in [-0.05, 0) is 42.7 Å². The number of carbonyl (C=O) groups excluding carboxylic acids is 3. The number of fused-ring (bicyclic) bond motifs is 3. The molecule has 1 saturated heterocycles. The van der Waals surface area contributed by atoms with Crippen molar-refractivity contribution >= 4 is 69.6 Å². The van der Waals surface area contributed by atoms with Crippen LogP contribution in [-0.4, -0.2) is 79.5 Å². The first-order valence-corrected chi connectivity index (χ1v) is 14.0. The van der Waals surface area contributed by atoms with Crippen molar-refractivity contribution in [1.29, 1.82) is 0 Å². The largest absolute Gasteiger partial charge is 0.481 e. The fraction of sp³-hybridized carbons (Fsp3) is 0.321. The van der Waals surface area contributed by atoms with Gasteiger partial charge in [-0.1, -0.05) is 41.4 Å². The van der Waals surface area contributed by atoms with Gasteiger partial charge in [0, 0.05) is 35.2 Å². The van der Waals surface area contributed by atoms with Crippen molar-refractivity contribution in [3.8, 4) is 0 Å². The zero-order valence-corrected chi connectivity index (χ0v) is 23.6.